The van der Waals surface area contributed by atoms with E-state index in [4.69, 9.17) is 5.11 Å². The van der Waals surface area contributed by atoms with E-state index in [0.29, 0.717) is 0 Å². The number of aromatic nitrogens is 2. The smallest absolute Gasteiger partial charge is 0.140 e. The Labute approximate surface area is 127 Å². The van der Waals surface area contributed by atoms with Crippen LogP contribution in [-0.4, -0.2) is 21.3 Å². The van der Waals surface area contributed by atoms with Gasteiger partial charge in [0.15, 0.2) is 0 Å². The van der Waals surface area contributed by atoms with Crippen molar-refractivity contribution in [3.63, 3.8) is 0 Å². The van der Waals surface area contributed by atoms with Crippen LogP contribution in [-0.2, 0) is 6.54 Å². The molecule has 3 nitrogen and oxygen atoms in total. The third-order valence-corrected chi connectivity index (χ3v) is 4.01. The minimum Gasteiger partial charge on any atom is -0.384 e. The van der Waals surface area contributed by atoms with Crippen LogP contribution in [0, 0.1) is 11.8 Å². The second-order valence-electron chi connectivity index (χ2n) is 4.47. The predicted octanol–water partition coefficient (Wildman–Crippen LogP) is 3.00. The normalized spacial score (nSPS) is 10.1. The molecule has 1 N–H and O–H groups in total. The van der Waals surface area contributed by atoms with Gasteiger partial charge in [-0.15, -0.1) is 11.3 Å². The number of benzene rings is 1. The summed E-state index contributed by atoms with van der Waals surface area (Å²) in [5.41, 5.74) is 1.11. The third kappa shape index (κ3) is 3.22. The summed E-state index contributed by atoms with van der Waals surface area (Å²) in [5.74, 6) is 6.57. The van der Waals surface area contributed by atoms with Crippen molar-refractivity contribution < 1.29 is 5.11 Å². The number of imidazole rings is 1. The molecule has 2 heterocycles. The number of thiophene rings is 1. The summed E-state index contributed by atoms with van der Waals surface area (Å²) in [6, 6.07) is 14.2. The van der Waals surface area contributed by atoms with Gasteiger partial charge in [0.2, 0.25) is 0 Å². The lowest BCUT2D eigenvalue weighted by atomic mass is 10.2. The fourth-order valence-electron chi connectivity index (χ4n) is 2.11. The van der Waals surface area contributed by atoms with Crippen molar-refractivity contribution >= 4 is 11.3 Å². The highest BCUT2D eigenvalue weighted by Gasteiger charge is 2.07. The molecule has 0 amide bonds. The Morgan fingerprint density at radius 1 is 1.14 bits per heavy atom. The van der Waals surface area contributed by atoms with Gasteiger partial charge < -0.3 is 9.67 Å². The van der Waals surface area contributed by atoms with Crippen molar-refractivity contribution in [3.05, 3.63) is 64.6 Å². The van der Waals surface area contributed by atoms with Crippen molar-refractivity contribution in [1.82, 2.24) is 9.55 Å². The SMILES string of the molecule is OCC#Cc1ccc(Cn2ccnc2-c2ccccc2)s1. The second-order valence-corrected chi connectivity index (χ2v) is 5.64. The standard InChI is InChI=1S/C17H14N2OS/c20-12-4-7-15-8-9-16(21-15)13-19-11-10-18-17(19)14-5-2-1-3-6-14/h1-3,5-6,8-11,20H,12-13H2. The first-order valence-electron chi connectivity index (χ1n) is 6.62. The second kappa shape index (κ2) is 6.40. The number of nitrogens with zero attached hydrogens (tertiary/aromatic N) is 2. The summed E-state index contributed by atoms with van der Waals surface area (Å²) < 4.78 is 2.13. The van der Waals surface area contributed by atoms with Gasteiger partial charge >= 0.3 is 0 Å². The number of aliphatic hydroxyl groups excluding tert-OH is 1. The number of aliphatic hydroxyl groups is 1. The van der Waals surface area contributed by atoms with Crippen LogP contribution in [0.1, 0.15) is 9.75 Å². The molecular formula is C17H14N2OS. The summed E-state index contributed by atoms with van der Waals surface area (Å²) in [5, 5.41) is 8.72. The Bertz CT molecular complexity index is 778. The van der Waals surface area contributed by atoms with Crippen molar-refractivity contribution in [2.75, 3.05) is 6.61 Å². The van der Waals surface area contributed by atoms with E-state index in [-0.39, 0.29) is 6.61 Å². The fraction of sp³-hybridized carbons (Fsp3) is 0.118. The Kier molecular flexibility index (Phi) is 4.15. The van der Waals surface area contributed by atoms with E-state index in [2.05, 4.69) is 39.6 Å². The van der Waals surface area contributed by atoms with Gasteiger partial charge in [-0.3, -0.25) is 0 Å². The van der Waals surface area contributed by atoms with Gasteiger partial charge in [0, 0.05) is 22.8 Å². The largest absolute Gasteiger partial charge is 0.384 e. The van der Waals surface area contributed by atoms with Gasteiger partial charge in [-0.05, 0) is 12.1 Å². The number of rotatable bonds is 3. The molecule has 0 saturated heterocycles. The molecule has 0 radical (unpaired) electrons. The highest BCUT2D eigenvalue weighted by molar-refractivity contribution is 7.12. The minimum atomic E-state index is -0.104. The molecule has 0 fully saturated rings. The van der Waals surface area contributed by atoms with Gasteiger partial charge in [-0.1, -0.05) is 42.2 Å². The molecule has 0 unspecified atom stereocenters. The minimum absolute atomic E-state index is 0.104. The first-order chi connectivity index (χ1) is 10.4. The van der Waals surface area contributed by atoms with Crippen molar-refractivity contribution in [3.8, 4) is 23.2 Å². The van der Waals surface area contributed by atoms with E-state index < -0.39 is 0 Å². The maximum Gasteiger partial charge on any atom is 0.140 e. The van der Waals surface area contributed by atoms with Crippen LogP contribution < -0.4 is 0 Å². The quantitative estimate of drug-likeness (QED) is 0.754. The molecule has 0 atom stereocenters. The molecule has 0 spiro atoms. The zero-order valence-corrected chi connectivity index (χ0v) is 12.2. The van der Waals surface area contributed by atoms with Gasteiger partial charge in [0.05, 0.1) is 11.4 Å². The summed E-state index contributed by atoms with van der Waals surface area (Å²) >= 11 is 1.64. The molecule has 0 bridgehead atoms. The lowest BCUT2D eigenvalue weighted by Crippen LogP contribution is -1.99. The van der Waals surface area contributed by atoms with E-state index >= 15 is 0 Å². The summed E-state index contributed by atoms with van der Waals surface area (Å²) in [6.45, 7) is 0.669. The van der Waals surface area contributed by atoms with Gasteiger partial charge in [-0.2, -0.15) is 0 Å². The molecular weight excluding hydrogens is 280 g/mol. The average molecular weight is 294 g/mol. The highest BCUT2D eigenvalue weighted by atomic mass is 32.1. The Morgan fingerprint density at radius 3 is 2.81 bits per heavy atom. The molecule has 4 heteroatoms. The van der Waals surface area contributed by atoms with Gasteiger partial charge in [0.25, 0.3) is 0 Å². The van der Waals surface area contributed by atoms with Crippen LogP contribution in [0.15, 0.2) is 54.9 Å². The molecule has 1 aromatic carbocycles. The lowest BCUT2D eigenvalue weighted by molar-refractivity contribution is 0.350. The fourth-order valence-corrected chi connectivity index (χ4v) is 2.99. The van der Waals surface area contributed by atoms with E-state index in [1.165, 1.54) is 4.88 Å². The van der Waals surface area contributed by atoms with E-state index in [1.807, 2.05) is 36.7 Å². The van der Waals surface area contributed by atoms with Gasteiger partial charge in [0.1, 0.15) is 12.4 Å². The van der Waals surface area contributed by atoms with Crippen molar-refractivity contribution in [2.45, 2.75) is 6.54 Å². The van der Waals surface area contributed by atoms with E-state index in [1.54, 1.807) is 11.3 Å². The van der Waals surface area contributed by atoms with Crippen LogP contribution >= 0.6 is 11.3 Å². The first-order valence-corrected chi connectivity index (χ1v) is 7.43. The van der Waals surface area contributed by atoms with Crippen molar-refractivity contribution in [1.29, 1.82) is 0 Å². The Balaban J connectivity index is 1.83. The van der Waals surface area contributed by atoms with Gasteiger partial charge in [-0.25, -0.2) is 4.98 Å². The van der Waals surface area contributed by atoms with Crippen LogP contribution in [0.2, 0.25) is 0 Å². The van der Waals surface area contributed by atoms with E-state index in [9.17, 15) is 0 Å². The maximum absolute atomic E-state index is 8.72. The average Bonchev–Trinajstić information content (AvgIpc) is 3.16. The molecule has 0 aliphatic heterocycles. The van der Waals surface area contributed by atoms with Crippen molar-refractivity contribution in [2.24, 2.45) is 0 Å². The van der Waals surface area contributed by atoms with Crippen LogP contribution in [0.25, 0.3) is 11.4 Å². The Morgan fingerprint density at radius 2 is 2.00 bits per heavy atom. The zero-order chi connectivity index (χ0) is 14.5. The predicted molar refractivity (Wildman–Crippen MR) is 85.0 cm³/mol. The summed E-state index contributed by atoms with van der Waals surface area (Å²) in [6.07, 6.45) is 3.81. The molecule has 0 aliphatic carbocycles. The van der Waals surface area contributed by atoms with Crippen LogP contribution in [0.4, 0.5) is 0 Å². The molecule has 3 rings (SSSR count). The third-order valence-electron chi connectivity index (χ3n) is 3.03. The molecule has 21 heavy (non-hydrogen) atoms. The molecule has 0 aliphatic rings. The summed E-state index contributed by atoms with van der Waals surface area (Å²) in [7, 11) is 0. The lowest BCUT2D eigenvalue weighted by Gasteiger charge is -2.06. The highest BCUT2D eigenvalue weighted by Crippen LogP contribution is 2.21. The topological polar surface area (TPSA) is 38.0 Å². The summed E-state index contributed by atoms with van der Waals surface area (Å²) in [4.78, 5) is 6.63. The molecule has 104 valence electrons. The number of hydrogen-bond acceptors (Lipinski definition) is 3. The zero-order valence-electron chi connectivity index (χ0n) is 11.4. The molecule has 2 aromatic heterocycles. The maximum atomic E-state index is 8.72. The van der Waals surface area contributed by atoms with E-state index in [0.717, 1.165) is 22.8 Å². The molecule has 0 saturated carbocycles. The monoisotopic (exact) mass is 294 g/mol. The van der Waals surface area contributed by atoms with Crippen LogP contribution in [0.5, 0.6) is 0 Å². The Hall–Kier alpha value is -2.35. The number of hydrogen-bond donors (Lipinski definition) is 1. The van der Waals surface area contributed by atoms with Crippen LogP contribution in [0.3, 0.4) is 0 Å². The first kappa shape index (κ1) is 13.6. The molecule has 3 aromatic rings.